The van der Waals surface area contributed by atoms with Crippen molar-refractivity contribution in [2.45, 2.75) is 17.9 Å². The van der Waals surface area contributed by atoms with Crippen LogP contribution in [0.25, 0.3) is 0 Å². The Morgan fingerprint density at radius 1 is 1.16 bits per heavy atom. The Bertz CT molecular complexity index is 583. The first-order valence-electron chi connectivity index (χ1n) is 5.92. The quantitative estimate of drug-likeness (QED) is 0.819. The summed E-state index contributed by atoms with van der Waals surface area (Å²) in [5.41, 5.74) is 1.58. The highest BCUT2D eigenvalue weighted by Gasteiger charge is 2.13. The van der Waals surface area contributed by atoms with Gasteiger partial charge in [0.1, 0.15) is 0 Å². The van der Waals surface area contributed by atoms with E-state index in [1.807, 2.05) is 43.3 Å². The molecule has 1 amide bonds. The summed E-state index contributed by atoms with van der Waals surface area (Å²) in [5, 5.41) is 3.63. The summed E-state index contributed by atoms with van der Waals surface area (Å²) < 4.78 is 0. The highest BCUT2D eigenvalue weighted by molar-refractivity contribution is 7.80. The van der Waals surface area contributed by atoms with Gasteiger partial charge in [0.2, 0.25) is 0 Å². The van der Waals surface area contributed by atoms with E-state index in [0.29, 0.717) is 15.5 Å². The van der Waals surface area contributed by atoms with Crippen LogP contribution in [0.15, 0.2) is 53.4 Å². The molecule has 0 aliphatic carbocycles. The fraction of sp³-hybridized carbons (Fsp3) is 0.133. The highest BCUT2D eigenvalue weighted by Crippen LogP contribution is 2.18. The van der Waals surface area contributed by atoms with E-state index in [-0.39, 0.29) is 11.9 Å². The Morgan fingerprint density at radius 3 is 2.42 bits per heavy atom. The number of carbonyl (C=O) groups excluding carboxylic acids is 1. The number of nitrogens with one attached hydrogen (secondary N) is 1. The molecule has 0 saturated carbocycles. The van der Waals surface area contributed by atoms with E-state index in [0.717, 1.165) is 5.56 Å². The van der Waals surface area contributed by atoms with Crippen molar-refractivity contribution in [2.75, 3.05) is 0 Å². The number of benzene rings is 2. The third-order valence-electron chi connectivity index (χ3n) is 2.87. The molecular weight excluding hydrogens is 278 g/mol. The summed E-state index contributed by atoms with van der Waals surface area (Å²) in [6.45, 7) is 1.93. The number of halogens is 1. The van der Waals surface area contributed by atoms with Crippen molar-refractivity contribution >= 4 is 30.1 Å². The number of hydrogen-bond donors (Lipinski definition) is 2. The molecule has 0 bridgehead atoms. The van der Waals surface area contributed by atoms with Gasteiger partial charge >= 0.3 is 0 Å². The van der Waals surface area contributed by atoms with Crippen molar-refractivity contribution in [3.63, 3.8) is 0 Å². The van der Waals surface area contributed by atoms with Crippen LogP contribution in [-0.4, -0.2) is 5.91 Å². The Hall–Kier alpha value is -1.45. The van der Waals surface area contributed by atoms with Crippen LogP contribution in [0.1, 0.15) is 28.9 Å². The van der Waals surface area contributed by atoms with E-state index in [1.165, 1.54) is 0 Å². The predicted octanol–water partition coefficient (Wildman–Crippen LogP) is 4.12. The lowest BCUT2D eigenvalue weighted by Crippen LogP contribution is -2.26. The van der Waals surface area contributed by atoms with Crippen LogP contribution < -0.4 is 5.32 Å². The van der Waals surface area contributed by atoms with Crippen molar-refractivity contribution in [1.29, 1.82) is 0 Å². The summed E-state index contributed by atoms with van der Waals surface area (Å²) in [6.07, 6.45) is 0. The van der Waals surface area contributed by atoms with Gasteiger partial charge in [0.15, 0.2) is 0 Å². The first-order valence-corrected chi connectivity index (χ1v) is 6.75. The molecule has 0 spiro atoms. The predicted molar refractivity (Wildman–Crippen MR) is 81.0 cm³/mol. The Kier molecular flexibility index (Phi) is 4.51. The van der Waals surface area contributed by atoms with Gasteiger partial charge in [-0.1, -0.05) is 35.9 Å². The number of thiol groups is 1. The second-order valence-corrected chi connectivity index (χ2v) is 5.18. The summed E-state index contributed by atoms with van der Waals surface area (Å²) in [6, 6.07) is 14.6. The largest absolute Gasteiger partial charge is 0.345 e. The average Bonchev–Trinajstić information content (AvgIpc) is 2.39. The van der Waals surface area contributed by atoms with E-state index in [1.54, 1.807) is 12.1 Å². The van der Waals surface area contributed by atoms with Gasteiger partial charge in [-0.3, -0.25) is 4.79 Å². The fourth-order valence-corrected chi connectivity index (χ4v) is 2.16. The van der Waals surface area contributed by atoms with E-state index < -0.39 is 0 Å². The molecule has 0 saturated heterocycles. The highest BCUT2D eigenvalue weighted by atomic mass is 35.5. The minimum atomic E-state index is -0.131. The van der Waals surface area contributed by atoms with E-state index in [9.17, 15) is 4.79 Å². The maximum Gasteiger partial charge on any atom is 0.252 e. The lowest BCUT2D eigenvalue weighted by Gasteiger charge is -2.15. The van der Waals surface area contributed by atoms with Crippen molar-refractivity contribution in [3.8, 4) is 0 Å². The molecule has 0 heterocycles. The van der Waals surface area contributed by atoms with E-state index in [2.05, 4.69) is 17.9 Å². The molecular formula is C15H14ClNOS. The summed E-state index contributed by atoms with van der Waals surface area (Å²) in [5.74, 6) is -0.131. The Labute approximate surface area is 123 Å². The van der Waals surface area contributed by atoms with Crippen LogP contribution >= 0.6 is 24.2 Å². The molecule has 4 heteroatoms. The molecule has 0 aliphatic heterocycles. The molecule has 0 fully saturated rings. The van der Waals surface area contributed by atoms with Crippen molar-refractivity contribution in [3.05, 3.63) is 64.7 Å². The standard InChI is InChI=1S/C15H14ClNOS/c1-10(11-6-8-12(16)9-7-11)17-15(18)13-4-2-3-5-14(13)19/h2-10,19H,1H3,(H,17,18). The molecule has 0 aliphatic rings. The second kappa shape index (κ2) is 6.13. The van der Waals surface area contributed by atoms with Crippen molar-refractivity contribution in [1.82, 2.24) is 5.32 Å². The monoisotopic (exact) mass is 291 g/mol. The maximum absolute atomic E-state index is 12.1. The molecule has 1 atom stereocenters. The zero-order valence-corrected chi connectivity index (χ0v) is 12.1. The van der Waals surface area contributed by atoms with E-state index >= 15 is 0 Å². The minimum absolute atomic E-state index is 0.0855. The number of amides is 1. The molecule has 1 N–H and O–H groups in total. The van der Waals surface area contributed by atoms with Gasteiger partial charge in [-0.25, -0.2) is 0 Å². The molecule has 1 unspecified atom stereocenters. The molecule has 0 radical (unpaired) electrons. The smallest absolute Gasteiger partial charge is 0.252 e. The fourth-order valence-electron chi connectivity index (χ4n) is 1.77. The Balaban J connectivity index is 2.11. The topological polar surface area (TPSA) is 29.1 Å². The van der Waals surface area contributed by atoms with Crippen LogP contribution in [0.3, 0.4) is 0 Å². The lowest BCUT2D eigenvalue weighted by atomic mass is 10.1. The molecule has 2 nitrogen and oxygen atoms in total. The third-order valence-corrected chi connectivity index (χ3v) is 3.51. The van der Waals surface area contributed by atoms with Gasteiger partial charge in [0.05, 0.1) is 11.6 Å². The number of rotatable bonds is 3. The lowest BCUT2D eigenvalue weighted by molar-refractivity contribution is 0.0937. The Morgan fingerprint density at radius 2 is 1.79 bits per heavy atom. The van der Waals surface area contributed by atoms with E-state index in [4.69, 9.17) is 11.6 Å². The number of hydrogen-bond acceptors (Lipinski definition) is 2. The summed E-state index contributed by atoms with van der Waals surface area (Å²) >= 11 is 10.1. The van der Waals surface area contributed by atoms with Gasteiger partial charge in [-0.15, -0.1) is 12.6 Å². The molecule has 98 valence electrons. The second-order valence-electron chi connectivity index (χ2n) is 4.26. The average molecular weight is 292 g/mol. The first-order chi connectivity index (χ1) is 9.08. The molecule has 2 rings (SSSR count). The summed E-state index contributed by atoms with van der Waals surface area (Å²) in [4.78, 5) is 12.8. The van der Waals surface area contributed by atoms with Gasteiger partial charge in [-0.05, 0) is 36.8 Å². The van der Waals surface area contributed by atoms with Crippen LogP contribution in [0.5, 0.6) is 0 Å². The van der Waals surface area contributed by atoms with Crippen molar-refractivity contribution < 1.29 is 4.79 Å². The van der Waals surface area contributed by atoms with Gasteiger partial charge in [0.25, 0.3) is 5.91 Å². The third kappa shape index (κ3) is 3.52. The normalized spacial score (nSPS) is 11.9. The maximum atomic E-state index is 12.1. The van der Waals surface area contributed by atoms with Crippen LogP contribution in [0, 0.1) is 0 Å². The van der Waals surface area contributed by atoms with Gasteiger partial charge in [0, 0.05) is 9.92 Å². The van der Waals surface area contributed by atoms with Crippen LogP contribution in [-0.2, 0) is 0 Å². The molecule has 19 heavy (non-hydrogen) atoms. The van der Waals surface area contributed by atoms with Gasteiger partial charge in [-0.2, -0.15) is 0 Å². The van der Waals surface area contributed by atoms with Crippen LogP contribution in [0.2, 0.25) is 5.02 Å². The number of carbonyl (C=O) groups is 1. The van der Waals surface area contributed by atoms with Crippen LogP contribution in [0.4, 0.5) is 0 Å². The zero-order chi connectivity index (χ0) is 13.8. The zero-order valence-electron chi connectivity index (χ0n) is 10.4. The SMILES string of the molecule is CC(NC(=O)c1ccccc1S)c1ccc(Cl)cc1. The minimum Gasteiger partial charge on any atom is -0.345 e. The first kappa shape index (κ1) is 14.0. The van der Waals surface area contributed by atoms with Crippen molar-refractivity contribution in [2.24, 2.45) is 0 Å². The molecule has 0 aromatic heterocycles. The molecule has 2 aromatic rings. The molecule has 2 aromatic carbocycles. The van der Waals surface area contributed by atoms with Gasteiger partial charge < -0.3 is 5.32 Å². The summed E-state index contributed by atoms with van der Waals surface area (Å²) in [7, 11) is 0.